The molecule has 2 heterocycles. The molecule has 2 aromatic carbocycles. The Hall–Kier alpha value is -2.77. The van der Waals surface area contributed by atoms with E-state index in [1.54, 1.807) is 11.8 Å². The highest BCUT2D eigenvalue weighted by molar-refractivity contribution is 7.98. The summed E-state index contributed by atoms with van der Waals surface area (Å²) in [5, 5.41) is 12.6. The molecule has 154 valence electrons. The monoisotopic (exact) mass is 439 g/mol. The van der Waals surface area contributed by atoms with Gasteiger partial charge >= 0.3 is 0 Å². The van der Waals surface area contributed by atoms with Gasteiger partial charge in [0.2, 0.25) is 0 Å². The van der Waals surface area contributed by atoms with Crippen molar-refractivity contribution in [1.29, 1.82) is 0 Å². The predicted octanol–water partition coefficient (Wildman–Crippen LogP) is 5.65. The zero-order valence-corrected chi connectivity index (χ0v) is 18.7. The van der Waals surface area contributed by atoms with E-state index in [4.69, 9.17) is 11.6 Å². The van der Waals surface area contributed by atoms with E-state index < -0.39 is 0 Å². The molecule has 0 aliphatic rings. The summed E-state index contributed by atoms with van der Waals surface area (Å²) in [5.41, 5.74) is 3.38. The van der Waals surface area contributed by atoms with Crippen molar-refractivity contribution >= 4 is 40.6 Å². The molecule has 30 heavy (non-hydrogen) atoms. The van der Waals surface area contributed by atoms with E-state index in [0.29, 0.717) is 27.7 Å². The van der Waals surface area contributed by atoms with Crippen molar-refractivity contribution in [2.24, 2.45) is 0 Å². The summed E-state index contributed by atoms with van der Waals surface area (Å²) in [7, 11) is 0. The fourth-order valence-corrected chi connectivity index (χ4v) is 3.95. The maximum absolute atomic E-state index is 12.6. The van der Waals surface area contributed by atoms with E-state index >= 15 is 0 Å². The average Bonchev–Trinajstić information content (AvgIpc) is 3.28. The molecule has 0 aliphatic heterocycles. The van der Waals surface area contributed by atoms with Gasteiger partial charge in [-0.05, 0) is 42.7 Å². The number of benzene rings is 2. The van der Waals surface area contributed by atoms with Crippen molar-refractivity contribution in [2.75, 3.05) is 11.6 Å². The molecule has 0 bridgehead atoms. The molecule has 0 saturated carbocycles. The summed E-state index contributed by atoms with van der Waals surface area (Å²) in [6, 6.07) is 15.0. The number of carbonyl (C=O) groups is 1. The number of H-pyrrole nitrogens is 1. The number of nitrogens with one attached hydrogen (secondary N) is 2. The van der Waals surface area contributed by atoms with Crippen LogP contribution in [0.2, 0.25) is 5.02 Å². The molecule has 0 fully saturated rings. The molecule has 4 aromatic rings. The zero-order valence-electron chi connectivity index (χ0n) is 17.2. The van der Waals surface area contributed by atoms with Crippen LogP contribution in [0.4, 0.5) is 5.69 Å². The molecule has 0 aliphatic carbocycles. The number of fused-ring (bicyclic) bond motifs is 1. The van der Waals surface area contributed by atoms with Crippen LogP contribution in [0, 0.1) is 0 Å². The van der Waals surface area contributed by atoms with E-state index in [1.165, 1.54) is 4.63 Å². The summed E-state index contributed by atoms with van der Waals surface area (Å²) in [6.45, 7) is 6.17. The van der Waals surface area contributed by atoms with Crippen LogP contribution in [0.3, 0.4) is 0 Å². The van der Waals surface area contributed by atoms with Crippen LogP contribution in [0.1, 0.15) is 36.8 Å². The highest BCUT2D eigenvalue weighted by atomic mass is 35.5. The van der Waals surface area contributed by atoms with Gasteiger partial charge in [-0.25, -0.2) is 0 Å². The Kier molecular flexibility index (Phi) is 5.34. The lowest BCUT2D eigenvalue weighted by Gasteiger charge is -2.14. The minimum Gasteiger partial charge on any atom is -0.322 e. The molecule has 2 aromatic heterocycles. The number of carbonyl (C=O) groups excluding carboxylic acids is 1. The first-order chi connectivity index (χ1) is 14.3. The molecule has 4 rings (SSSR count). The quantitative estimate of drug-likeness (QED) is 0.403. The zero-order chi connectivity index (χ0) is 21.5. The standard InChI is InChI=1S/C22H22ClN5OS/c1-22(2,3)18-17(23)20-25-19(27-28(20)26-18)14-6-5-7-15(12-14)24-21(29)13-8-10-16(30-4)11-9-13/h5-12H,1-4H3,(H,24,29)(H,25,27). The van der Waals surface area contributed by atoms with E-state index in [9.17, 15) is 4.79 Å². The fraction of sp³-hybridized carbons (Fsp3) is 0.227. The van der Waals surface area contributed by atoms with Crippen molar-refractivity contribution < 1.29 is 4.79 Å². The van der Waals surface area contributed by atoms with Gasteiger partial charge in [-0.15, -0.1) is 21.5 Å². The van der Waals surface area contributed by atoms with Crippen molar-refractivity contribution in [3.8, 4) is 11.4 Å². The summed E-state index contributed by atoms with van der Waals surface area (Å²) in [4.78, 5) is 16.9. The molecule has 6 nitrogen and oxygen atoms in total. The molecule has 0 radical (unpaired) electrons. The summed E-state index contributed by atoms with van der Waals surface area (Å²) in [5.74, 6) is 0.465. The van der Waals surface area contributed by atoms with Gasteiger partial charge in [0, 0.05) is 27.1 Å². The van der Waals surface area contributed by atoms with E-state index in [2.05, 4.69) is 41.3 Å². The Balaban J connectivity index is 1.59. The Labute approximate surface area is 184 Å². The Morgan fingerprint density at radius 1 is 1.13 bits per heavy atom. The van der Waals surface area contributed by atoms with Crippen LogP contribution in [0.5, 0.6) is 0 Å². The van der Waals surface area contributed by atoms with Crippen LogP contribution in [0.15, 0.2) is 53.4 Å². The fourth-order valence-electron chi connectivity index (χ4n) is 3.10. The number of hydrogen-bond donors (Lipinski definition) is 2. The van der Waals surface area contributed by atoms with E-state index in [1.807, 2.05) is 54.8 Å². The summed E-state index contributed by atoms with van der Waals surface area (Å²) in [6.07, 6.45) is 2.00. The number of halogens is 1. The van der Waals surface area contributed by atoms with Crippen molar-refractivity contribution in [3.05, 3.63) is 64.8 Å². The topological polar surface area (TPSA) is 75.1 Å². The number of hydrogen-bond acceptors (Lipinski definition) is 4. The molecular formula is C22H22ClN5OS. The van der Waals surface area contributed by atoms with Crippen LogP contribution in [-0.4, -0.2) is 32.0 Å². The number of anilines is 1. The lowest BCUT2D eigenvalue weighted by Crippen LogP contribution is -2.13. The number of nitrogens with zero attached hydrogens (tertiary/aromatic N) is 3. The van der Waals surface area contributed by atoms with Crippen LogP contribution < -0.4 is 5.32 Å². The molecular weight excluding hydrogens is 418 g/mol. The SMILES string of the molecule is CSc1ccc(C(=O)Nc2cccc(-c3nn4nc(C(C)(C)C)c(Cl)c4[nH]3)c2)cc1. The summed E-state index contributed by atoms with van der Waals surface area (Å²) < 4.78 is 1.52. The van der Waals surface area contributed by atoms with E-state index in [-0.39, 0.29) is 11.3 Å². The normalized spacial score (nSPS) is 11.8. The van der Waals surface area contributed by atoms with Gasteiger partial charge in [0.05, 0.1) is 5.69 Å². The highest BCUT2D eigenvalue weighted by Gasteiger charge is 2.25. The van der Waals surface area contributed by atoms with Crippen LogP contribution in [0.25, 0.3) is 17.0 Å². The second-order valence-corrected chi connectivity index (χ2v) is 9.25. The molecule has 8 heteroatoms. The predicted molar refractivity (Wildman–Crippen MR) is 123 cm³/mol. The Morgan fingerprint density at radius 2 is 1.87 bits per heavy atom. The minimum atomic E-state index is -0.177. The number of aromatic amines is 1. The summed E-state index contributed by atoms with van der Waals surface area (Å²) >= 11 is 8.16. The Morgan fingerprint density at radius 3 is 2.50 bits per heavy atom. The number of thioether (sulfide) groups is 1. The Bertz CT molecular complexity index is 1220. The van der Waals surface area contributed by atoms with E-state index in [0.717, 1.165) is 16.2 Å². The largest absolute Gasteiger partial charge is 0.322 e. The van der Waals surface area contributed by atoms with Crippen LogP contribution >= 0.6 is 23.4 Å². The van der Waals surface area contributed by atoms with Gasteiger partial charge in [0.15, 0.2) is 11.5 Å². The number of rotatable bonds is 4. The third-order valence-electron chi connectivity index (χ3n) is 4.70. The molecule has 0 atom stereocenters. The van der Waals surface area contributed by atoms with Gasteiger partial charge in [-0.2, -0.15) is 5.10 Å². The average molecular weight is 440 g/mol. The lowest BCUT2D eigenvalue weighted by atomic mass is 9.92. The molecule has 1 amide bonds. The first-order valence-corrected chi connectivity index (χ1v) is 11.1. The maximum atomic E-state index is 12.6. The van der Waals surface area contributed by atoms with Gasteiger partial charge in [0.1, 0.15) is 5.02 Å². The third-order valence-corrected chi connectivity index (χ3v) is 5.80. The molecule has 0 saturated heterocycles. The second kappa shape index (κ2) is 7.81. The van der Waals surface area contributed by atoms with Gasteiger partial charge < -0.3 is 10.3 Å². The van der Waals surface area contributed by atoms with Crippen molar-refractivity contribution in [1.82, 2.24) is 19.8 Å². The molecule has 0 spiro atoms. The maximum Gasteiger partial charge on any atom is 0.255 e. The minimum absolute atomic E-state index is 0.160. The smallest absolute Gasteiger partial charge is 0.255 e. The lowest BCUT2D eigenvalue weighted by molar-refractivity contribution is 0.102. The second-order valence-electron chi connectivity index (χ2n) is 7.99. The first-order valence-electron chi connectivity index (χ1n) is 9.47. The van der Waals surface area contributed by atoms with Crippen molar-refractivity contribution in [3.63, 3.8) is 0 Å². The third kappa shape index (κ3) is 3.95. The number of amides is 1. The van der Waals surface area contributed by atoms with Gasteiger partial charge in [-0.1, -0.05) is 44.5 Å². The highest BCUT2D eigenvalue weighted by Crippen LogP contribution is 2.32. The number of aromatic nitrogens is 4. The van der Waals surface area contributed by atoms with Gasteiger partial charge in [0.25, 0.3) is 5.91 Å². The molecule has 0 unspecified atom stereocenters. The molecule has 2 N–H and O–H groups in total. The van der Waals surface area contributed by atoms with Crippen LogP contribution in [-0.2, 0) is 5.41 Å². The van der Waals surface area contributed by atoms with Gasteiger partial charge in [-0.3, -0.25) is 4.79 Å². The first kappa shape index (κ1) is 20.5. The van der Waals surface area contributed by atoms with Crippen molar-refractivity contribution in [2.45, 2.75) is 31.1 Å².